The number of fused-ring (bicyclic) bond motifs is 5. The highest BCUT2D eigenvalue weighted by atomic mass is 16.4. The Balaban J connectivity index is 1.75. The highest BCUT2D eigenvalue weighted by Crippen LogP contribution is 2.70. The van der Waals surface area contributed by atoms with Crippen LogP contribution in [0, 0.1) is 45.8 Å². The van der Waals surface area contributed by atoms with Crippen molar-refractivity contribution in [3.05, 3.63) is 0 Å². The van der Waals surface area contributed by atoms with E-state index in [4.69, 9.17) is 0 Å². The summed E-state index contributed by atoms with van der Waals surface area (Å²) in [6.45, 7) is 8.66. The van der Waals surface area contributed by atoms with Gasteiger partial charge in [0, 0.05) is 11.8 Å². The van der Waals surface area contributed by atoms with Crippen LogP contribution in [-0.2, 0) is 9.59 Å². The van der Waals surface area contributed by atoms with Crippen LogP contribution >= 0.6 is 0 Å². The van der Waals surface area contributed by atoms with Crippen molar-refractivity contribution in [1.29, 1.82) is 0 Å². The first-order chi connectivity index (χ1) is 14.0. The first kappa shape index (κ1) is 22.3. The molecule has 4 aliphatic carbocycles. The topological polar surface area (TPSA) is 94.8 Å². The number of aliphatic hydroxyl groups excluding tert-OH is 2. The van der Waals surface area contributed by atoms with Gasteiger partial charge in [-0.15, -0.1) is 0 Å². The molecule has 0 aromatic heterocycles. The highest BCUT2D eigenvalue weighted by molar-refractivity contribution is 5.87. The molecule has 0 aromatic rings. The van der Waals surface area contributed by atoms with Crippen LogP contribution in [0.3, 0.4) is 0 Å². The number of carboxylic acid groups (broad SMARTS) is 1. The lowest BCUT2D eigenvalue weighted by atomic mass is 9.39. The average molecular weight is 421 g/mol. The summed E-state index contributed by atoms with van der Waals surface area (Å²) in [6, 6.07) is 0. The van der Waals surface area contributed by atoms with E-state index in [-0.39, 0.29) is 30.6 Å². The van der Waals surface area contributed by atoms with E-state index in [9.17, 15) is 24.9 Å². The number of aliphatic carboxylic acids is 1. The summed E-state index contributed by atoms with van der Waals surface area (Å²) < 4.78 is 0. The summed E-state index contributed by atoms with van der Waals surface area (Å²) >= 11 is 0. The number of carbonyl (C=O) groups is 2. The van der Waals surface area contributed by atoms with Crippen LogP contribution in [0.1, 0.15) is 85.5 Å². The Labute approximate surface area is 180 Å². The predicted molar refractivity (Wildman–Crippen MR) is 114 cm³/mol. The zero-order valence-electron chi connectivity index (χ0n) is 19.1. The zero-order valence-corrected chi connectivity index (χ0v) is 19.1. The molecular formula is C25H40O5. The molecule has 0 aromatic carbocycles. The second-order valence-electron chi connectivity index (χ2n) is 11.6. The van der Waals surface area contributed by atoms with E-state index in [2.05, 4.69) is 20.8 Å². The van der Waals surface area contributed by atoms with Crippen molar-refractivity contribution in [3.63, 3.8) is 0 Å². The molecule has 4 rings (SSSR count). The lowest BCUT2D eigenvalue weighted by Gasteiger charge is -2.65. The van der Waals surface area contributed by atoms with Gasteiger partial charge >= 0.3 is 5.97 Å². The van der Waals surface area contributed by atoms with Gasteiger partial charge in [0.25, 0.3) is 0 Å². The minimum absolute atomic E-state index is 0.0146. The first-order valence-electron chi connectivity index (χ1n) is 12.2. The van der Waals surface area contributed by atoms with E-state index in [1.165, 1.54) is 0 Å². The third-order valence-corrected chi connectivity index (χ3v) is 10.6. The maximum atomic E-state index is 13.8. The van der Waals surface area contributed by atoms with Crippen molar-refractivity contribution >= 4 is 11.8 Å². The second-order valence-corrected chi connectivity index (χ2v) is 11.6. The molecule has 1 unspecified atom stereocenters. The predicted octanol–water partition coefficient (Wildman–Crippen LogP) is 4.05. The molecule has 0 radical (unpaired) electrons. The smallest absolute Gasteiger partial charge is 0.310 e. The number of carbonyl (C=O) groups excluding carboxylic acids is 1. The Morgan fingerprint density at radius 3 is 2.47 bits per heavy atom. The summed E-state index contributed by atoms with van der Waals surface area (Å²) in [4.78, 5) is 26.3. The van der Waals surface area contributed by atoms with Crippen molar-refractivity contribution in [1.82, 2.24) is 0 Å². The molecule has 30 heavy (non-hydrogen) atoms. The number of aliphatic hydroxyl groups is 2. The molecule has 4 fully saturated rings. The summed E-state index contributed by atoms with van der Waals surface area (Å²) in [7, 11) is 0. The minimum Gasteiger partial charge on any atom is -0.481 e. The van der Waals surface area contributed by atoms with Gasteiger partial charge in [-0.1, -0.05) is 40.5 Å². The van der Waals surface area contributed by atoms with Crippen LogP contribution in [0.4, 0.5) is 0 Å². The summed E-state index contributed by atoms with van der Waals surface area (Å²) in [5.41, 5.74) is -2.11. The van der Waals surface area contributed by atoms with Crippen molar-refractivity contribution < 1.29 is 24.9 Å². The molecule has 170 valence electrons. The third kappa shape index (κ3) is 2.73. The molecular weight excluding hydrogens is 380 g/mol. The van der Waals surface area contributed by atoms with Crippen molar-refractivity contribution in [3.8, 4) is 0 Å². The van der Waals surface area contributed by atoms with Gasteiger partial charge in [0.1, 0.15) is 5.78 Å². The van der Waals surface area contributed by atoms with Crippen LogP contribution in [-0.4, -0.2) is 39.3 Å². The number of Topliss-reactive ketones (excluding diaryl/α,β-unsaturated/α-hetero) is 1. The van der Waals surface area contributed by atoms with Gasteiger partial charge in [-0.05, 0) is 73.5 Å². The number of hydrogen-bond donors (Lipinski definition) is 3. The van der Waals surface area contributed by atoms with Crippen LogP contribution < -0.4 is 0 Å². The first-order valence-corrected chi connectivity index (χ1v) is 12.2. The molecule has 0 heterocycles. The molecule has 3 N–H and O–H groups in total. The summed E-state index contributed by atoms with van der Waals surface area (Å²) in [5, 5.41) is 32.0. The quantitative estimate of drug-likeness (QED) is 0.638. The lowest BCUT2D eigenvalue weighted by molar-refractivity contribution is -0.223. The fourth-order valence-electron chi connectivity index (χ4n) is 9.01. The second kappa shape index (κ2) is 7.30. The molecule has 4 saturated carbocycles. The third-order valence-electron chi connectivity index (χ3n) is 10.6. The van der Waals surface area contributed by atoms with E-state index in [0.29, 0.717) is 36.9 Å². The zero-order chi connectivity index (χ0) is 22.1. The van der Waals surface area contributed by atoms with Gasteiger partial charge in [0.2, 0.25) is 0 Å². The maximum Gasteiger partial charge on any atom is 0.310 e. The summed E-state index contributed by atoms with van der Waals surface area (Å²) in [5.74, 6) is 0.233. The van der Waals surface area contributed by atoms with Crippen molar-refractivity contribution in [2.75, 3.05) is 0 Å². The van der Waals surface area contributed by atoms with Crippen molar-refractivity contribution in [2.45, 2.75) is 97.7 Å². The monoisotopic (exact) mass is 420 g/mol. The number of rotatable bonds is 4. The molecule has 0 aliphatic heterocycles. The highest BCUT2D eigenvalue weighted by Gasteiger charge is 2.71. The number of carboxylic acids is 1. The molecule has 10 atom stereocenters. The van der Waals surface area contributed by atoms with Gasteiger partial charge in [0.15, 0.2) is 0 Å². The van der Waals surface area contributed by atoms with Gasteiger partial charge in [-0.25, -0.2) is 0 Å². The molecule has 0 amide bonds. The Kier molecular flexibility index (Phi) is 5.42. The van der Waals surface area contributed by atoms with Crippen LogP contribution in [0.5, 0.6) is 0 Å². The SMILES string of the molecule is CCC[C@@H](C)[C@H]1CC[C@H]2[C@@H]3[C@H](O)CC4(C(=O)O)C[C@H](O)CC[C@]4(C)[C@H]3CC(=O)[C@]12C. The molecule has 0 spiro atoms. The Bertz CT molecular complexity index is 720. The van der Waals surface area contributed by atoms with Crippen LogP contribution in [0.15, 0.2) is 0 Å². The van der Waals surface area contributed by atoms with Crippen molar-refractivity contribution in [2.24, 2.45) is 45.8 Å². The van der Waals surface area contributed by atoms with E-state index >= 15 is 0 Å². The van der Waals surface area contributed by atoms with Gasteiger partial charge < -0.3 is 15.3 Å². The fraction of sp³-hybridized carbons (Fsp3) is 0.920. The standard InChI is InChI=1S/C25H40O5/c1-5-6-14(2)16-7-8-17-21-18(11-20(28)24(16,17)4)23(3)10-9-15(26)12-25(23,22(29)30)13-19(21)27/h14-19,21,26-27H,5-13H2,1-4H3,(H,29,30)/t14-,15-,16-,17+,18+,19-,21+,23-,24-,25?/m1/s1. The maximum absolute atomic E-state index is 13.8. The van der Waals surface area contributed by atoms with Gasteiger partial charge in [-0.3, -0.25) is 9.59 Å². The number of hydrogen-bond acceptors (Lipinski definition) is 4. The summed E-state index contributed by atoms with van der Waals surface area (Å²) in [6.07, 6.45) is 4.82. The van der Waals surface area contributed by atoms with E-state index in [0.717, 1.165) is 25.7 Å². The molecule has 0 saturated heterocycles. The van der Waals surface area contributed by atoms with Gasteiger partial charge in [-0.2, -0.15) is 0 Å². The van der Waals surface area contributed by atoms with E-state index < -0.39 is 34.4 Å². The van der Waals surface area contributed by atoms with Crippen LogP contribution in [0.2, 0.25) is 0 Å². The minimum atomic E-state index is -1.15. The lowest BCUT2D eigenvalue weighted by Crippen LogP contribution is -2.67. The molecule has 0 bridgehead atoms. The van der Waals surface area contributed by atoms with Gasteiger partial charge in [0.05, 0.1) is 17.6 Å². The average Bonchev–Trinajstić information content (AvgIpc) is 3.02. The van der Waals surface area contributed by atoms with E-state index in [1.807, 2.05) is 6.92 Å². The normalized spacial score (nSPS) is 51.6. The molecule has 5 nitrogen and oxygen atoms in total. The Hall–Kier alpha value is -0.940. The molecule has 4 aliphatic rings. The number of ketones is 1. The fourth-order valence-corrected chi connectivity index (χ4v) is 9.01. The molecule has 5 heteroatoms. The van der Waals surface area contributed by atoms with Crippen LogP contribution in [0.25, 0.3) is 0 Å². The van der Waals surface area contributed by atoms with E-state index in [1.54, 1.807) is 0 Å². The Morgan fingerprint density at radius 2 is 1.83 bits per heavy atom. The Morgan fingerprint density at radius 1 is 1.13 bits per heavy atom. The largest absolute Gasteiger partial charge is 0.481 e.